The lowest BCUT2D eigenvalue weighted by atomic mass is 10.0. The number of benzene rings is 1. The first-order chi connectivity index (χ1) is 14.1. The Morgan fingerprint density at radius 1 is 1.24 bits per heavy atom. The minimum atomic E-state index is -0.246. The third-order valence-corrected chi connectivity index (χ3v) is 5.20. The average molecular weight is 390 g/mol. The Morgan fingerprint density at radius 3 is 2.97 bits per heavy atom. The maximum Gasteiger partial charge on any atom is 0.137 e. The highest BCUT2D eigenvalue weighted by molar-refractivity contribution is 5.98. The van der Waals surface area contributed by atoms with Crippen molar-refractivity contribution in [1.82, 2.24) is 24.7 Å². The minimum absolute atomic E-state index is 0.246. The molecule has 0 atom stereocenters. The van der Waals surface area contributed by atoms with Crippen LogP contribution in [0.15, 0.2) is 36.9 Å². The molecule has 0 spiro atoms. The van der Waals surface area contributed by atoms with Crippen LogP contribution in [0.5, 0.6) is 5.75 Å². The van der Waals surface area contributed by atoms with Gasteiger partial charge in [0.1, 0.15) is 23.7 Å². The maximum atomic E-state index is 14.4. The standard InChI is InChI=1S/C21H19FN6O/c1-12-7-18(28(2)27-12)15-10-25-21(16-8-23-11-26-20(15)16)24-9-14-13-5-6-29-19(13)4-3-17(14)22/h3-4,7-8,10-11H,5-6,9H2,1-2H3,(H,24,25). The fourth-order valence-electron chi connectivity index (χ4n) is 3.85. The fourth-order valence-corrected chi connectivity index (χ4v) is 3.85. The molecule has 0 aliphatic carbocycles. The molecule has 1 aromatic carbocycles. The van der Waals surface area contributed by atoms with E-state index in [0.717, 1.165) is 39.2 Å². The quantitative estimate of drug-likeness (QED) is 0.575. The van der Waals surface area contributed by atoms with Gasteiger partial charge in [-0.3, -0.25) is 4.68 Å². The van der Waals surface area contributed by atoms with Crippen LogP contribution < -0.4 is 10.1 Å². The number of pyridine rings is 1. The van der Waals surface area contributed by atoms with E-state index in [9.17, 15) is 4.39 Å². The third kappa shape index (κ3) is 2.97. The Labute approximate surface area is 166 Å². The van der Waals surface area contributed by atoms with Gasteiger partial charge in [0, 0.05) is 49.1 Å². The van der Waals surface area contributed by atoms with Gasteiger partial charge in [-0.1, -0.05) is 0 Å². The van der Waals surface area contributed by atoms with E-state index in [4.69, 9.17) is 4.74 Å². The predicted octanol–water partition coefficient (Wildman–Crippen LogP) is 3.42. The van der Waals surface area contributed by atoms with Crippen LogP contribution >= 0.6 is 0 Å². The fraction of sp³-hybridized carbons (Fsp3) is 0.238. The van der Waals surface area contributed by atoms with Gasteiger partial charge in [-0.15, -0.1) is 0 Å². The van der Waals surface area contributed by atoms with Crippen LogP contribution in [0.2, 0.25) is 0 Å². The largest absolute Gasteiger partial charge is 0.493 e. The third-order valence-electron chi connectivity index (χ3n) is 5.20. The van der Waals surface area contributed by atoms with Gasteiger partial charge in [-0.25, -0.2) is 19.3 Å². The van der Waals surface area contributed by atoms with Gasteiger partial charge in [-0.05, 0) is 25.1 Å². The molecule has 0 bridgehead atoms. The topological polar surface area (TPSA) is 77.8 Å². The predicted molar refractivity (Wildman–Crippen MR) is 107 cm³/mol. The van der Waals surface area contributed by atoms with Gasteiger partial charge in [-0.2, -0.15) is 5.10 Å². The molecular formula is C21H19FN6O. The minimum Gasteiger partial charge on any atom is -0.493 e. The second-order valence-electron chi connectivity index (χ2n) is 7.05. The van der Waals surface area contributed by atoms with Crippen molar-refractivity contribution >= 4 is 16.7 Å². The van der Waals surface area contributed by atoms with E-state index in [1.807, 2.05) is 24.7 Å². The van der Waals surface area contributed by atoms with E-state index in [1.54, 1.807) is 18.5 Å². The molecule has 146 valence electrons. The molecule has 4 heterocycles. The highest BCUT2D eigenvalue weighted by Gasteiger charge is 2.20. The van der Waals surface area contributed by atoms with Crippen molar-refractivity contribution in [2.45, 2.75) is 19.9 Å². The van der Waals surface area contributed by atoms with Crippen molar-refractivity contribution in [3.8, 4) is 17.0 Å². The lowest BCUT2D eigenvalue weighted by Gasteiger charge is -2.13. The maximum absolute atomic E-state index is 14.4. The van der Waals surface area contributed by atoms with Gasteiger partial charge in [0.25, 0.3) is 0 Å². The lowest BCUT2D eigenvalue weighted by molar-refractivity contribution is 0.356. The van der Waals surface area contributed by atoms with E-state index in [-0.39, 0.29) is 5.82 Å². The Balaban J connectivity index is 1.54. The van der Waals surface area contributed by atoms with Crippen molar-refractivity contribution in [1.29, 1.82) is 0 Å². The molecule has 29 heavy (non-hydrogen) atoms. The molecular weight excluding hydrogens is 371 g/mol. The second kappa shape index (κ2) is 6.80. The van der Waals surface area contributed by atoms with Crippen LogP contribution in [-0.4, -0.2) is 31.3 Å². The smallest absolute Gasteiger partial charge is 0.137 e. The van der Waals surface area contributed by atoms with Crippen molar-refractivity contribution in [2.24, 2.45) is 7.05 Å². The van der Waals surface area contributed by atoms with E-state index < -0.39 is 0 Å². The molecule has 4 aromatic rings. The summed E-state index contributed by atoms with van der Waals surface area (Å²) in [5, 5.41) is 8.45. The number of aromatic nitrogens is 5. The van der Waals surface area contributed by atoms with E-state index >= 15 is 0 Å². The van der Waals surface area contributed by atoms with E-state index in [0.29, 0.717) is 31.0 Å². The summed E-state index contributed by atoms with van der Waals surface area (Å²) in [4.78, 5) is 13.2. The number of ether oxygens (including phenoxy) is 1. The summed E-state index contributed by atoms with van der Waals surface area (Å²) in [5.74, 6) is 1.12. The molecule has 8 heteroatoms. The summed E-state index contributed by atoms with van der Waals surface area (Å²) in [5.41, 5.74) is 5.01. The van der Waals surface area contributed by atoms with Gasteiger partial charge >= 0.3 is 0 Å². The number of fused-ring (bicyclic) bond motifs is 2. The Hall–Kier alpha value is -3.55. The highest BCUT2D eigenvalue weighted by atomic mass is 19.1. The van der Waals surface area contributed by atoms with Gasteiger partial charge < -0.3 is 10.1 Å². The first kappa shape index (κ1) is 17.5. The second-order valence-corrected chi connectivity index (χ2v) is 7.05. The highest BCUT2D eigenvalue weighted by Crippen LogP contribution is 2.32. The average Bonchev–Trinajstić information content (AvgIpc) is 3.33. The first-order valence-electron chi connectivity index (χ1n) is 9.38. The molecule has 0 saturated heterocycles. The van der Waals surface area contributed by atoms with Crippen LogP contribution in [-0.2, 0) is 20.0 Å². The van der Waals surface area contributed by atoms with E-state index in [1.165, 1.54) is 12.4 Å². The zero-order valence-electron chi connectivity index (χ0n) is 16.1. The van der Waals surface area contributed by atoms with Crippen LogP contribution in [0, 0.1) is 12.7 Å². The summed E-state index contributed by atoms with van der Waals surface area (Å²) in [6.45, 7) is 2.83. The summed E-state index contributed by atoms with van der Waals surface area (Å²) in [6.07, 6.45) is 5.71. The number of anilines is 1. The van der Waals surface area contributed by atoms with Crippen molar-refractivity contribution in [2.75, 3.05) is 11.9 Å². The lowest BCUT2D eigenvalue weighted by Crippen LogP contribution is -2.07. The van der Waals surface area contributed by atoms with Crippen molar-refractivity contribution in [3.05, 3.63) is 59.6 Å². The molecule has 0 saturated carbocycles. The SMILES string of the molecule is Cc1cc(-c2cnc(NCc3c(F)ccc4c3CCO4)c3cncnc23)n(C)n1. The summed E-state index contributed by atoms with van der Waals surface area (Å²) >= 11 is 0. The van der Waals surface area contributed by atoms with Gasteiger partial charge in [0.2, 0.25) is 0 Å². The van der Waals surface area contributed by atoms with Crippen LogP contribution in [0.3, 0.4) is 0 Å². The Bertz CT molecular complexity index is 1240. The number of nitrogens with one attached hydrogen (secondary N) is 1. The normalized spacial score (nSPS) is 12.8. The Kier molecular flexibility index (Phi) is 4.12. The molecule has 0 radical (unpaired) electrons. The molecule has 7 nitrogen and oxygen atoms in total. The number of rotatable bonds is 4. The summed E-state index contributed by atoms with van der Waals surface area (Å²) < 4.78 is 21.8. The summed E-state index contributed by atoms with van der Waals surface area (Å²) in [7, 11) is 1.89. The molecule has 0 unspecified atom stereocenters. The van der Waals surface area contributed by atoms with Crippen molar-refractivity contribution < 1.29 is 9.13 Å². The number of nitrogens with zero attached hydrogens (tertiary/aromatic N) is 5. The van der Waals surface area contributed by atoms with Crippen LogP contribution in [0.25, 0.3) is 22.2 Å². The number of halogens is 1. The van der Waals surface area contributed by atoms with Crippen LogP contribution in [0.1, 0.15) is 16.8 Å². The number of hydrogen-bond acceptors (Lipinski definition) is 6. The van der Waals surface area contributed by atoms with Gasteiger partial charge in [0.05, 0.1) is 28.9 Å². The Morgan fingerprint density at radius 2 is 2.14 bits per heavy atom. The van der Waals surface area contributed by atoms with Gasteiger partial charge in [0.15, 0.2) is 0 Å². The molecule has 0 amide bonds. The molecule has 5 rings (SSSR count). The van der Waals surface area contributed by atoms with Crippen LogP contribution in [0.4, 0.5) is 10.2 Å². The van der Waals surface area contributed by atoms with Crippen molar-refractivity contribution in [3.63, 3.8) is 0 Å². The first-order valence-corrected chi connectivity index (χ1v) is 9.38. The molecule has 1 N–H and O–H groups in total. The monoisotopic (exact) mass is 390 g/mol. The molecule has 0 fully saturated rings. The van der Waals surface area contributed by atoms with E-state index in [2.05, 4.69) is 25.4 Å². The molecule has 3 aromatic heterocycles. The number of aryl methyl sites for hydroxylation is 2. The summed E-state index contributed by atoms with van der Waals surface area (Å²) in [6, 6.07) is 5.13. The zero-order chi connectivity index (χ0) is 20.0. The number of hydrogen-bond donors (Lipinski definition) is 1. The molecule has 1 aliphatic heterocycles. The zero-order valence-corrected chi connectivity index (χ0v) is 16.1. The molecule has 1 aliphatic rings.